The number of rotatable bonds is 5. The molecule has 0 saturated carbocycles. The van der Waals surface area contributed by atoms with Crippen LogP contribution in [0.15, 0.2) is 382 Å². The second-order valence-corrected chi connectivity index (χ2v) is 30.3. The Balaban J connectivity index is 0.000000129. The highest BCUT2D eigenvalue weighted by Gasteiger charge is 2.53. The minimum atomic E-state index is -0.695. The molecule has 16 aromatic carbocycles. The quantitative estimate of drug-likeness (QED) is 0.172. The van der Waals surface area contributed by atoms with Crippen LogP contribution in [0.4, 0.5) is 0 Å². The molecule has 2 unspecified atom stereocenters. The predicted octanol–water partition coefficient (Wildman–Crippen LogP) is 25.7. The molecule has 6 aromatic heterocycles. The summed E-state index contributed by atoms with van der Waals surface area (Å²) < 4.78 is 24.2. The zero-order valence-corrected chi connectivity index (χ0v) is 61.3. The van der Waals surface area contributed by atoms with Gasteiger partial charge in [-0.25, -0.2) is 15.0 Å². The fourth-order valence-electron chi connectivity index (χ4n) is 20.3. The molecule has 0 amide bonds. The number of aromatic nitrogens is 7. The summed E-state index contributed by atoms with van der Waals surface area (Å²) in [5, 5.41) is 10.5. The lowest BCUT2D eigenvalue weighted by molar-refractivity contribution is 0.437. The Hall–Kier alpha value is -15.2. The van der Waals surface area contributed by atoms with Gasteiger partial charge in [-0.05, 0) is 100 Å². The monoisotopic (exact) mass is 1450 g/mol. The summed E-state index contributed by atoms with van der Waals surface area (Å²) in [6.07, 6.45) is 0. The number of hydrogen-bond donors (Lipinski definition) is 0. The first-order valence-corrected chi connectivity index (χ1v) is 39.0. The number of benzene rings is 16. The summed E-state index contributed by atoms with van der Waals surface area (Å²) in [5.74, 6) is 4.79. The van der Waals surface area contributed by atoms with Gasteiger partial charge in [0.2, 0.25) is 5.95 Å². The standard InChI is InChI=1S/C54H33N3O.C51H30N4O/c1-3-16-34(17-4-1)36-32-45(35-18-5-2-6-19-35)55-50(33-36)57-47-27-12-8-21-38(47)40-30-31-44-53(52(40)57)58-49-29-14-10-24-42(49)54(44)41-23-9-13-28-48(41)56-46-26-11-7-20-37(46)39-22-15-25-43(54)51(39)56;1-2-15-31(16-3-1)46-36-19-4-9-24-41(36)52-50(53-46)55-43-26-11-6-18-33(43)35-29-30-40-49(48(35)55)56-45-28-13-8-22-38(45)51(40)37-21-7-12-27-44(37)54-42-25-10-5-17-32(42)34-20-14-23-39(51)47(34)54/h1-33H;1-30H. The third-order valence-electron chi connectivity index (χ3n) is 24.7. The van der Waals surface area contributed by atoms with Crippen LogP contribution in [0.3, 0.4) is 0 Å². The summed E-state index contributed by atoms with van der Waals surface area (Å²) in [7, 11) is 0. The molecule has 0 saturated heterocycles. The first kappa shape index (κ1) is 62.7. The van der Waals surface area contributed by atoms with Crippen molar-refractivity contribution in [1.82, 2.24) is 33.2 Å². The van der Waals surface area contributed by atoms with Gasteiger partial charge in [0.1, 0.15) is 22.8 Å². The van der Waals surface area contributed by atoms with Crippen molar-refractivity contribution < 1.29 is 9.47 Å². The fourth-order valence-corrected chi connectivity index (χ4v) is 20.3. The number of fused-ring (bicyclic) bond motifs is 31. The molecule has 2 spiro atoms. The van der Waals surface area contributed by atoms with Gasteiger partial charge in [-0.15, -0.1) is 0 Å². The number of nitrogens with zero attached hydrogens (tertiary/aromatic N) is 7. The second kappa shape index (κ2) is 23.7. The van der Waals surface area contributed by atoms with Gasteiger partial charge in [-0.3, -0.25) is 9.13 Å². The van der Waals surface area contributed by atoms with Gasteiger partial charge in [-0.2, -0.15) is 0 Å². The lowest BCUT2D eigenvalue weighted by Crippen LogP contribution is -2.37. The first-order chi connectivity index (χ1) is 56.6. The van der Waals surface area contributed by atoms with Gasteiger partial charge in [0.15, 0.2) is 11.5 Å². The lowest BCUT2D eigenvalue weighted by Gasteiger charge is -2.45. The molecule has 0 aliphatic carbocycles. The largest absolute Gasteiger partial charge is 0.454 e. The third kappa shape index (κ3) is 8.37. The van der Waals surface area contributed by atoms with Crippen molar-refractivity contribution in [2.24, 2.45) is 0 Å². The van der Waals surface area contributed by atoms with Gasteiger partial charge in [0, 0.05) is 81.9 Å². The van der Waals surface area contributed by atoms with Crippen molar-refractivity contribution in [2.45, 2.75) is 10.8 Å². The molecule has 10 heterocycles. The van der Waals surface area contributed by atoms with Crippen LogP contribution in [-0.4, -0.2) is 33.2 Å². The highest BCUT2D eigenvalue weighted by atomic mass is 16.5. The second-order valence-electron chi connectivity index (χ2n) is 30.3. The third-order valence-corrected chi connectivity index (χ3v) is 24.7. The summed E-state index contributed by atoms with van der Waals surface area (Å²) in [6, 6.07) is 137. The summed E-state index contributed by atoms with van der Waals surface area (Å²) in [4.78, 5) is 16.2. The van der Waals surface area contributed by atoms with Crippen molar-refractivity contribution in [3.63, 3.8) is 0 Å². The van der Waals surface area contributed by atoms with Crippen molar-refractivity contribution in [2.75, 3.05) is 0 Å². The van der Waals surface area contributed by atoms with E-state index < -0.39 is 10.8 Å². The lowest BCUT2D eigenvalue weighted by atomic mass is 9.61. The van der Waals surface area contributed by atoms with Gasteiger partial charge < -0.3 is 18.6 Å². The van der Waals surface area contributed by atoms with Crippen LogP contribution in [-0.2, 0) is 10.8 Å². The molecule has 4 aliphatic rings. The highest BCUT2D eigenvalue weighted by molar-refractivity contribution is 6.17. The molecule has 114 heavy (non-hydrogen) atoms. The Kier molecular flexibility index (Phi) is 13.0. The van der Waals surface area contributed by atoms with Crippen LogP contribution in [0.1, 0.15) is 44.5 Å². The smallest absolute Gasteiger partial charge is 0.235 e. The molecule has 0 bridgehead atoms. The van der Waals surface area contributed by atoms with Crippen LogP contribution in [0.25, 0.3) is 155 Å². The first-order valence-electron chi connectivity index (χ1n) is 39.0. The topological polar surface area (TPSA) is 76.8 Å². The van der Waals surface area contributed by atoms with Crippen molar-refractivity contribution in [3.05, 3.63) is 427 Å². The van der Waals surface area contributed by atoms with E-state index >= 15 is 0 Å². The molecule has 9 heteroatoms. The maximum Gasteiger partial charge on any atom is 0.235 e. The maximum absolute atomic E-state index is 7.34. The number of ether oxygens (including phenoxy) is 2. The average Bonchev–Trinajstić information content (AvgIpc) is 1.35. The van der Waals surface area contributed by atoms with Crippen molar-refractivity contribution >= 4 is 98.1 Å². The maximum atomic E-state index is 7.34. The molecule has 0 fully saturated rings. The van der Waals surface area contributed by atoms with Gasteiger partial charge in [-0.1, -0.05) is 315 Å². The molecule has 2 atom stereocenters. The van der Waals surface area contributed by atoms with E-state index in [0.29, 0.717) is 5.95 Å². The van der Waals surface area contributed by atoms with E-state index in [0.717, 1.165) is 139 Å². The number of hydrogen-bond acceptors (Lipinski definition) is 5. The molecule has 4 aliphatic heterocycles. The normalized spacial score (nSPS) is 15.2. The van der Waals surface area contributed by atoms with Crippen LogP contribution >= 0.6 is 0 Å². The predicted molar refractivity (Wildman–Crippen MR) is 461 cm³/mol. The Morgan fingerprint density at radius 3 is 1.14 bits per heavy atom. The van der Waals surface area contributed by atoms with Crippen LogP contribution in [0.5, 0.6) is 23.0 Å². The van der Waals surface area contributed by atoms with Gasteiger partial charge >= 0.3 is 0 Å². The van der Waals surface area contributed by atoms with Crippen LogP contribution in [0, 0.1) is 0 Å². The number of para-hydroxylation sites is 11. The Labute approximate surface area is 654 Å². The van der Waals surface area contributed by atoms with E-state index in [-0.39, 0.29) is 0 Å². The molecule has 0 N–H and O–H groups in total. The van der Waals surface area contributed by atoms with E-state index in [4.69, 9.17) is 24.4 Å². The van der Waals surface area contributed by atoms with E-state index in [1.54, 1.807) is 0 Å². The van der Waals surface area contributed by atoms with Gasteiger partial charge in [0.25, 0.3) is 0 Å². The molecular weight excluding hydrogens is 1390 g/mol. The highest BCUT2D eigenvalue weighted by Crippen LogP contribution is 2.65. The van der Waals surface area contributed by atoms with Crippen molar-refractivity contribution in [3.8, 4) is 79.8 Å². The van der Waals surface area contributed by atoms with Crippen LogP contribution in [0.2, 0.25) is 0 Å². The van der Waals surface area contributed by atoms with E-state index in [1.165, 1.54) is 77.2 Å². The zero-order chi connectivity index (χ0) is 74.5. The number of pyridine rings is 1. The molecule has 0 radical (unpaired) electrons. The van der Waals surface area contributed by atoms with E-state index in [9.17, 15) is 0 Å². The van der Waals surface area contributed by atoms with Crippen molar-refractivity contribution in [1.29, 1.82) is 0 Å². The average molecular weight is 1450 g/mol. The minimum Gasteiger partial charge on any atom is -0.454 e. The Morgan fingerprint density at radius 2 is 0.614 bits per heavy atom. The molecular formula is C105H63N7O2. The zero-order valence-electron chi connectivity index (χ0n) is 61.3. The minimum absolute atomic E-state index is 0.602. The molecule has 9 nitrogen and oxygen atoms in total. The molecule has 530 valence electrons. The van der Waals surface area contributed by atoms with Gasteiger partial charge in [0.05, 0.1) is 77.7 Å². The fraction of sp³-hybridized carbons (Fsp3) is 0.0190. The van der Waals surface area contributed by atoms with E-state index in [2.05, 4.69) is 388 Å². The molecule has 26 rings (SSSR count). The summed E-state index contributed by atoms with van der Waals surface area (Å²) in [6.45, 7) is 0. The Bertz CT molecular complexity index is 7830. The summed E-state index contributed by atoms with van der Waals surface area (Å²) in [5.41, 5.74) is 26.3. The molecule has 22 aromatic rings. The van der Waals surface area contributed by atoms with E-state index in [1.807, 2.05) is 12.1 Å². The SMILES string of the molecule is c1ccc(-c2cc(-c3ccccc3)nc(-n3c4ccccc4c4ccc5c(c43)Oc3ccccc3C53c4ccccc4-n4c5ccccc5c5cccc3c54)c2)cc1.c1ccc(-c2nc(-n3c4ccccc4c4ccc5c(c43)Oc3ccccc3C53c4ccccc4-n4c5ccccc5c5cccc3c54)nc3ccccc23)cc1. The summed E-state index contributed by atoms with van der Waals surface area (Å²) >= 11 is 0. The Morgan fingerprint density at radius 1 is 0.228 bits per heavy atom. The van der Waals surface area contributed by atoms with Crippen LogP contribution < -0.4 is 9.47 Å².